The molecule has 6 aromatic rings. The van der Waals surface area contributed by atoms with Crippen molar-refractivity contribution in [3.63, 3.8) is 0 Å². The number of hydrogen-bond donors (Lipinski definition) is 2. The third-order valence-corrected chi connectivity index (χ3v) is 7.37. The Morgan fingerprint density at radius 2 is 0.810 bits per heavy atom. The zero-order chi connectivity index (χ0) is 29.1. The highest BCUT2D eigenvalue weighted by atomic mass is 16.3. The lowest BCUT2D eigenvalue weighted by Crippen LogP contribution is -1.94. The van der Waals surface area contributed by atoms with E-state index < -0.39 is 0 Å². The van der Waals surface area contributed by atoms with Crippen LogP contribution in [0, 0.1) is 0 Å². The third kappa shape index (κ3) is 5.09. The minimum Gasteiger partial charge on any atom is -0.507 e. The summed E-state index contributed by atoms with van der Waals surface area (Å²) in [7, 11) is 0. The Bertz CT molecular complexity index is 1870. The number of benzene rings is 6. The molecule has 6 rings (SSSR count). The number of aldehydes is 2. The molecule has 0 amide bonds. The van der Waals surface area contributed by atoms with E-state index in [1.165, 1.54) is 0 Å². The molecule has 0 fully saturated rings. The van der Waals surface area contributed by atoms with Gasteiger partial charge in [-0.05, 0) is 68.1 Å². The Labute approximate surface area is 243 Å². The maximum atomic E-state index is 12.1. The predicted molar refractivity (Wildman–Crippen MR) is 172 cm³/mol. The molecule has 0 saturated heterocycles. The maximum Gasteiger partial charge on any atom is 0.153 e. The number of aromatic hydroxyl groups is 2. The lowest BCUT2D eigenvalue weighted by atomic mass is 9.88. The van der Waals surface area contributed by atoms with E-state index in [9.17, 15) is 19.8 Å². The maximum absolute atomic E-state index is 12.1. The van der Waals surface area contributed by atoms with Gasteiger partial charge in [-0.25, -0.2) is 0 Å². The van der Waals surface area contributed by atoms with Gasteiger partial charge in [0, 0.05) is 11.1 Å². The van der Waals surface area contributed by atoms with Gasteiger partial charge in [-0.2, -0.15) is 0 Å². The topological polar surface area (TPSA) is 74.6 Å². The molecule has 0 aliphatic carbocycles. The summed E-state index contributed by atoms with van der Waals surface area (Å²) in [6.07, 6.45) is 9.15. The van der Waals surface area contributed by atoms with Gasteiger partial charge in [0.15, 0.2) is 12.6 Å². The Hall–Kier alpha value is -5.74. The van der Waals surface area contributed by atoms with Crippen molar-refractivity contribution < 1.29 is 19.8 Å². The van der Waals surface area contributed by atoms with E-state index >= 15 is 0 Å². The van der Waals surface area contributed by atoms with Crippen molar-refractivity contribution in [1.29, 1.82) is 0 Å². The summed E-state index contributed by atoms with van der Waals surface area (Å²) in [6.45, 7) is 0. The molecule has 42 heavy (non-hydrogen) atoms. The van der Waals surface area contributed by atoms with Gasteiger partial charge in [0.1, 0.15) is 11.5 Å². The average molecular weight is 547 g/mol. The van der Waals surface area contributed by atoms with Crippen LogP contribution in [-0.2, 0) is 0 Å². The second-order valence-electron chi connectivity index (χ2n) is 10.1. The highest BCUT2D eigenvalue weighted by molar-refractivity contribution is 6.14. The quantitative estimate of drug-likeness (QED) is 0.155. The van der Waals surface area contributed by atoms with E-state index in [-0.39, 0.29) is 22.6 Å². The lowest BCUT2D eigenvalue weighted by Gasteiger charge is -2.17. The Balaban J connectivity index is 1.54. The van der Waals surface area contributed by atoms with Crippen molar-refractivity contribution in [2.45, 2.75) is 0 Å². The van der Waals surface area contributed by atoms with Crippen molar-refractivity contribution >= 4 is 58.4 Å². The SMILES string of the molecule is O=Cc1cc2cc(/C=C/c3ccccc3)ccc2c(-c2c(O)c(C=O)cc3cc(/C=C/c4ccccc4)ccc23)c1O. The number of hydrogen-bond acceptors (Lipinski definition) is 4. The Morgan fingerprint density at radius 1 is 0.429 bits per heavy atom. The average Bonchev–Trinajstić information content (AvgIpc) is 3.03. The number of phenols is 2. The van der Waals surface area contributed by atoms with Gasteiger partial charge in [-0.3, -0.25) is 9.59 Å². The van der Waals surface area contributed by atoms with Gasteiger partial charge in [-0.15, -0.1) is 0 Å². The second-order valence-corrected chi connectivity index (χ2v) is 10.1. The Morgan fingerprint density at radius 3 is 1.19 bits per heavy atom. The van der Waals surface area contributed by atoms with Crippen LogP contribution in [0.4, 0.5) is 0 Å². The van der Waals surface area contributed by atoms with E-state index in [4.69, 9.17) is 0 Å². The molecular weight excluding hydrogens is 520 g/mol. The molecule has 0 aromatic heterocycles. The smallest absolute Gasteiger partial charge is 0.153 e. The van der Waals surface area contributed by atoms with Crippen molar-refractivity contribution in [1.82, 2.24) is 0 Å². The third-order valence-electron chi connectivity index (χ3n) is 7.37. The molecule has 0 saturated carbocycles. The molecule has 0 unspecified atom stereocenters. The molecule has 6 aromatic carbocycles. The molecule has 4 heteroatoms. The van der Waals surface area contributed by atoms with Crippen LogP contribution in [0.3, 0.4) is 0 Å². The van der Waals surface area contributed by atoms with Gasteiger partial charge < -0.3 is 10.2 Å². The van der Waals surface area contributed by atoms with Gasteiger partial charge in [0.05, 0.1) is 11.1 Å². The first-order valence-electron chi connectivity index (χ1n) is 13.5. The lowest BCUT2D eigenvalue weighted by molar-refractivity contribution is 0.111. The van der Waals surface area contributed by atoms with Crippen LogP contribution in [0.15, 0.2) is 109 Å². The van der Waals surface area contributed by atoms with Crippen LogP contribution < -0.4 is 0 Å². The summed E-state index contributed by atoms with van der Waals surface area (Å²) in [4.78, 5) is 24.1. The fourth-order valence-electron chi connectivity index (χ4n) is 5.28. The predicted octanol–water partition coefficient (Wildman–Crippen LogP) is 9.04. The minimum atomic E-state index is -0.252. The summed E-state index contributed by atoms with van der Waals surface area (Å²) < 4.78 is 0. The van der Waals surface area contributed by atoms with E-state index in [1.807, 2.05) is 121 Å². The van der Waals surface area contributed by atoms with Crippen LogP contribution in [0.25, 0.3) is 57.0 Å². The summed E-state index contributed by atoms with van der Waals surface area (Å²) in [5, 5.41) is 25.3. The minimum absolute atomic E-state index is 0.0909. The van der Waals surface area contributed by atoms with Crippen molar-refractivity contribution in [2.24, 2.45) is 0 Å². The van der Waals surface area contributed by atoms with E-state index in [1.54, 1.807) is 12.1 Å². The summed E-state index contributed by atoms with van der Waals surface area (Å²) in [5.41, 5.74) is 4.70. The molecule has 0 spiro atoms. The molecule has 0 aliphatic rings. The number of phenolic OH excluding ortho intramolecular Hbond substituents is 2. The van der Waals surface area contributed by atoms with Crippen molar-refractivity contribution in [3.05, 3.63) is 143 Å². The van der Waals surface area contributed by atoms with Gasteiger partial charge >= 0.3 is 0 Å². The van der Waals surface area contributed by atoms with Gasteiger partial charge in [-0.1, -0.05) is 109 Å². The van der Waals surface area contributed by atoms with E-state index in [0.29, 0.717) is 45.2 Å². The van der Waals surface area contributed by atoms with Crippen LogP contribution >= 0.6 is 0 Å². The highest BCUT2D eigenvalue weighted by Crippen LogP contribution is 2.47. The zero-order valence-electron chi connectivity index (χ0n) is 22.6. The Kier molecular flexibility index (Phi) is 7.19. The molecule has 2 N–H and O–H groups in total. The van der Waals surface area contributed by atoms with Crippen LogP contribution in [0.1, 0.15) is 43.0 Å². The molecular formula is C38H26O4. The first-order valence-corrected chi connectivity index (χ1v) is 13.5. The molecule has 0 aliphatic heterocycles. The standard InChI is InChI=1S/C38H26O4/c39-23-31-21-29-19-27(13-11-25-7-3-1-4-8-25)15-17-33(29)35(37(31)41)36-34-18-16-28(14-12-26-9-5-2-6-10-26)20-30(34)22-32(24-40)38(36)42/h1-24,41-42H/b13-11+,14-12+. The highest BCUT2D eigenvalue weighted by Gasteiger charge is 2.22. The number of fused-ring (bicyclic) bond motifs is 2. The van der Waals surface area contributed by atoms with Crippen LogP contribution in [-0.4, -0.2) is 22.8 Å². The molecule has 0 bridgehead atoms. The monoisotopic (exact) mass is 546 g/mol. The number of carbonyl (C=O) groups is 2. The molecule has 0 radical (unpaired) electrons. The zero-order valence-corrected chi connectivity index (χ0v) is 22.6. The largest absolute Gasteiger partial charge is 0.507 e. The summed E-state index contributed by atoms with van der Waals surface area (Å²) >= 11 is 0. The first kappa shape index (κ1) is 26.5. The number of carbonyl (C=O) groups excluding carboxylic acids is 2. The molecule has 4 nitrogen and oxygen atoms in total. The van der Waals surface area contributed by atoms with Gasteiger partial charge in [0.2, 0.25) is 0 Å². The van der Waals surface area contributed by atoms with Crippen molar-refractivity contribution in [3.8, 4) is 22.6 Å². The second kappa shape index (κ2) is 11.4. The first-order chi connectivity index (χ1) is 20.6. The molecule has 0 heterocycles. The summed E-state index contributed by atoms with van der Waals surface area (Å²) in [6, 6.07) is 34.5. The number of rotatable bonds is 7. The fourth-order valence-corrected chi connectivity index (χ4v) is 5.28. The fraction of sp³-hybridized carbons (Fsp3) is 0. The van der Waals surface area contributed by atoms with Crippen LogP contribution in [0.2, 0.25) is 0 Å². The van der Waals surface area contributed by atoms with Crippen molar-refractivity contribution in [2.75, 3.05) is 0 Å². The summed E-state index contributed by atoms with van der Waals surface area (Å²) in [5.74, 6) is -0.504. The molecule has 0 atom stereocenters. The normalized spacial score (nSPS) is 11.5. The van der Waals surface area contributed by atoms with E-state index in [2.05, 4.69) is 0 Å². The van der Waals surface area contributed by atoms with Gasteiger partial charge in [0.25, 0.3) is 0 Å². The van der Waals surface area contributed by atoms with E-state index in [0.717, 1.165) is 22.3 Å². The molecule has 202 valence electrons. The van der Waals surface area contributed by atoms with Crippen LogP contribution in [0.5, 0.6) is 11.5 Å².